The molecule has 176 valence electrons. The Bertz CT molecular complexity index is 990. The van der Waals surface area contributed by atoms with Crippen molar-refractivity contribution >= 4 is 10.0 Å². The Labute approximate surface area is 190 Å². The highest BCUT2D eigenvalue weighted by atomic mass is 32.2. The summed E-state index contributed by atoms with van der Waals surface area (Å²) in [6.07, 6.45) is -0.0378. The molecule has 8 heteroatoms. The van der Waals surface area contributed by atoms with Crippen LogP contribution < -0.4 is 4.74 Å². The number of hydrogen-bond donors (Lipinski definition) is 1. The van der Waals surface area contributed by atoms with Gasteiger partial charge in [-0.25, -0.2) is 12.8 Å². The molecule has 1 saturated heterocycles. The quantitative estimate of drug-likeness (QED) is 0.681. The van der Waals surface area contributed by atoms with E-state index in [0.29, 0.717) is 39.1 Å². The van der Waals surface area contributed by atoms with Gasteiger partial charge >= 0.3 is 0 Å². The van der Waals surface area contributed by atoms with E-state index in [9.17, 15) is 17.9 Å². The van der Waals surface area contributed by atoms with E-state index in [-0.39, 0.29) is 16.9 Å². The fraction of sp³-hybridized carbons (Fsp3) is 0.500. The van der Waals surface area contributed by atoms with E-state index < -0.39 is 21.9 Å². The molecule has 1 atom stereocenters. The normalized spacial score (nSPS) is 17.7. The third-order valence-corrected chi connectivity index (χ3v) is 7.51. The van der Waals surface area contributed by atoms with Crippen molar-refractivity contribution in [2.24, 2.45) is 0 Å². The molecule has 2 aromatic carbocycles. The van der Waals surface area contributed by atoms with Crippen LogP contribution >= 0.6 is 0 Å². The van der Waals surface area contributed by atoms with Crippen LogP contribution in [0.2, 0.25) is 0 Å². The van der Waals surface area contributed by atoms with E-state index in [0.717, 1.165) is 23.4 Å². The molecule has 0 bridgehead atoms. The molecule has 1 heterocycles. The zero-order valence-electron chi connectivity index (χ0n) is 19.0. The second kappa shape index (κ2) is 10.3. The summed E-state index contributed by atoms with van der Waals surface area (Å²) in [4.78, 5) is 2.16. The highest BCUT2D eigenvalue weighted by molar-refractivity contribution is 7.89. The second-order valence-corrected chi connectivity index (χ2v) is 11.2. The van der Waals surface area contributed by atoms with E-state index in [2.05, 4.69) is 25.7 Å². The first kappa shape index (κ1) is 24.6. The smallest absolute Gasteiger partial charge is 0.243 e. The average molecular weight is 465 g/mol. The average Bonchev–Trinajstić information content (AvgIpc) is 2.98. The monoisotopic (exact) mass is 464 g/mol. The van der Waals surface area contributed by atoms with Gasteiger partial charge in [0.1, 0.15) is 24.3 Å². The Morgan fingerprint density at radius 2 is 1.72 bits per heavy atom. The number of nitrogens with zero attached hydrogens (tertiary/aromatic N) is 2. The number of aliphatic hydroxyl groups is 1. The van der Waals surface area contributed by atoms with E-state index in [1.165, 1.54) is 16.4 Å². The van der Waals surface area contributed by atoms with Crippen LogP contribution in [0.15, 0.2) is 53.4 Å². The molecule has 1 aliphatic rings. The lowest BCUT2D eigenvalue weighted by Gasteiger charge is -2.26. The highest BCUT2D eigenvalue weighted by Gasteiger charge is 2.27. The molecule has 32 heavy (non-hydrogen) atoms. The van der Waals surface area contributed by atoms with Gasteiger partial charge < -0.3 is 9.84 Å². The molecule has 0 amide bonds. The molecule has 0 radical (unpaired) electrons. The van der Waals surface area contributed by atoms with Gasteiger partial charge in [0.25, 0.3) is 0 Å². The van der Waals surface area contributed by atoms with Crippen LogP contribution in [0, 0.1) is 5.82 Å². The predicted octanol–water partition coefficient (Wildman–Crippen LogP) is 3.26. The number of hydrogen-bond acceptors (Lipinski definition) is 5. The minimum Gasteiger partial charge on any atom is -0.491 e. The summed E-state index contributed by atoms with van der Waals surface area (Å²) in [5.74, 6) is 0.304. The molecular formula is C24H33FN2O4S. The fourth-order valence-electron chi connectivity index (χ4n) is 3.87. The minimum atomic E-state index is -3.67. The summed E-state index contributed by atoms with van der Waals surface area (Å²) in [5, 5.41) is 10.5. The summed E-state index contributed by atoms with van der Waals surface area (Å²) in [6.45, 7) is 8.84. The Morgan fingerprint density at radius 1 is 1.03 bits per heavy atom. The van der Waals surface area contributed by atoms with Crippen LogP contribution in [-0.2, 0) is 15.4 Å². The van der Waals surface area contributed by atoms with E-state index in [1.54, 1.807) is 0 Å². The summed E-state index contributed by atoms with van der Waals surface area (Å²) in [6, 6.07) is 12.8. The van der Waals surface area contributed by atoms with Gasteiger partial charge in [-0.1, -0.05) is 39.0 Å². The molecule has 0 aliphatic carbocycles. The molecule has 0 saturated carbocycles. The topological polar surface area (TPSA) is 70.1 Å². The van der Waals surface area contributed by atoms with Gasteiger partial charge in [0.05, 0.1) is 4.90 Å². The molecule has 2 aromatic rings. The molecule has 0 aromatic heterocycles. The maximum absolute atomic E-state index is 13.2. The van der Waals surface area contributed by atoms with Crippen LogP contribution in [0.25, 0.3) is 0 Å². The molecule has 3 rings (SSSR count). The lowest BCUT2D eigenvalue weighted by molar-refractivity contribution is 0.0693. The SMILES string of the molecule is CC(C)(C)c1ccccc1OCC(O)CN1CCCN(S(=O)(=O)c2ccc(F)cc2)CC1. The predicted molar refractivity (Wildman–Crippen MR) is 123 cm³/mol. The highest BCUT2D eigenvalue weighted by Crippen LogP contribution is 2.31. The number of ether oxygens (including phenoxy) is 1. The fourth-order valence-corrected chi connectivity index (χ4v) is 5.34. The van der Waals surface area contributed by atoms with Crippen molar-refractivity contribution in [2.75, 3.05) is 39.3 Å². The third-order valence-electron chi connectivity index (χ3n) is 5.59. The molecule has 0 spiro atoms. The van der Waals surface area contributed by atoms with Crippen molar-refractivity contribution in [3.63, 3.8) is 0 Å². The van der Waals surface area contributed by atoms with Crippen molar-refractivity contribution in [3.8, 4) is 5.75 Å². The number of β-amino-alcohol motifs (C(OH)–C–C–N with tert-alkyl or cyclic N) is 1. The maximum Gasteiger partial charge on any atom is 0.243 e. The van der Waals surface area contributed by atoms with Crippen LogP contribution in [0.5, 0.6) is 5.75 Å². The lowest BCUT2D eigenvalue weighted by Crippen LogP contribution is -2.39. The van der Waals surface area contributed by atoms with Crippen LogP contribution in [0.3, 0.4) is 0 Å². The number of aliphatic hydroxyl groups excluding tert-OH is 1. The molecular weight excluding hydrogens is 431 g/mol. The minimum absolute atomic E-state index is 0.0637. The number of halogens is 1. The van der Waals surface area contributed by atoms with Crippen molar-refractivity contribution < 1.29 is 22.7 Å². The van der Waals surface area contributed by atoms with Crippen LogP contribution in [0.1, 0.15) is 32.8 Å². The maximum atomic E-state index is 13.2. The second-order valence-electron chi connectivity index (χ2n) is 9.22. The Hall–Kier alpha value is -2.00. The number of rotatable bonds is 7. The van der Waals surface area contributed by atoms with Crippen LogP contribution in [-0.4, -0.2) is 68.2 Å². The third kappa shape index (κ3) is 6.28. The first-order valence-electron chi connectivity index (χ1n) is 11.0. The van der Waals surface area contributed by atoms with Gasteiger partial charge in [-0.3, -0.25) is 4.90 Å². The largest absolute Gasteiger partial charge is 0.491 e. The first-order valence-corrected chi connectivity index (χ1v) is 12.4. The van der Waals surface area contributed by atoms with Crippen molar-refractivity contribution in [1.82, 2.24) is 9.21 Å². The first-order chi connectivity index (χ1) is 15.1. The van der Waals surface area contributed by atoms with Gasteiger partial charge in [-0.05, 0) is 54.3 Å². The molecule has 1 fully saturated rings. The van der Waals surface area contributed by atoms with Gasteiger partial charge in [0.15, 0.2) is 0 Å². The summed E-state index contributed by atoms with van der Waals surface area (Å²) < 4.78 is 46.3. The zero-order valence-corrected chi connectivity index (χ0v) is 19.8. The van der Waals surface area contributed by atoms with Gasteiger partial charge in [-0.2, -0.15) is 4.31 Å². The van der Waals surface area contributed by atoms with Gasteiger partial charge in [0, 0.05) is 26.2 Å². The molecule has 1 unspecified atom stereocenters. The van der Waals surface area contributed by atoms with Crippen molar-refractivity contribution in [3.05, 3.63) is 59.9 Å². The molecule has 1 N–H and O–H groups in total. The lowest BCUT2D eigenvalue weighted by atomic mass is 9.86. The number of benzene rings is 2. The van der Waals surface area contributed by atoms with Gasteiger partial charge in [-0.15, -0.1) is 0 Å². The van der Waals surface area contributed by atoms with Crippen molar-refractivity contribution in [2.45, 2.75) is 43.6 Å². The summed E-state index contributed by atoms with van der Waals surface area (Å²) in [5.41, 5.74) is 1.02. The number of sulfonamides is 1. The Balaban J connectivity index is 1.55. The Kier molecular flexibility index (Phi) is 7.92. The number of para-hydroxylation sites is 1. The van der Waals surface area contributed by atoms with Crippen LogP contribution in [0.4, 0.5) is 4.39 Å². The standard InChI is InChI=1S/C24H33FN2O4S/c1-24(2,3)22-7-4-5-8-23(22)31-18-20(28)17-26-13-6-14-27(16-15-26)32(29,30)21-11-9-19(25)10-12-21/h4-5,7-12,20,28H,6,13-18H2,1-3H3. The zero-order chi connectivity index (χ0) is 23.4. The Morgan fingerprint density at radius 3 is 2.41 bits per heavy atom. The molecule has 6 nitrogen and oxygen atoms in total. The van der Waals surface area contributed by atoms with Gasteiger partial charge in [0.2, 0.25) is 10.0 Å². The summed E-state index contributed by atoms with van der Waals surface area (Å²) in [7, 11) is -3.67. The van der Waals surface area contributed by atoms with E-state index >= 15 is 0 Å². The van der Waals surface area contributed by atoms with Crippen molar-refractivity contribution in [1.29, 1.82) is 0 Å². The summed E-state index contributed by atoms with van der Waals surface area (Å²) >= 11 is 0. The van der Waals surface area contributed by atoms with E-state index in [1.807, 2.05) is 24.3 Å². The van der Waals surface area contributed by atoms with E-state index in [4.69, 9.17) is 4.74 Å². The molecule has 1 aliphatic heterocycles.